The average Bonchev–Trinajstić information content (AvgIpc) is 3.10. The molecule has 0 radical (unpaired) electrons. The number of alkyl halides is 1. The fourth-order valence-corrected chi connectivity index (χ4v) is 7.79. The van der Waals surface area contributed by atoms with Crippen LogP contribution in [0.4, 0.5) is 11.4 Å². The summed E-state index contributed by atoms with van der Waals surface area (Å²) < 4.78 is 1.01. The van der Waals surface area contributed by atoms with Crippen molar-refractivity contribution in [1.29, 1.82) is 0 Å². The van der Waals surface area contributed by atoms with E-state index in [0.717, 1.165) is 27.7 Å². The first-order valence-electron chi connectivity index (χ1n) is 10.4. The molecule has 1 heterocycles. The number of nitro benzene ring substituents is 1. The number of benzene rings is 3. The fourth-order valence-electron chi connectivity index (χ4n) is 5.01. The second-order valence-electron chi connectivity index (χ2n) is 8.28. The van der Waals surface area contributed by atoms with Crippen LogP contribution in [0.25, 0.3) is 0 Å². The van der Waals surface area contributed by atoms with Crippen LogP contribution in [0, 0.1) is 16.0 Å². The molecule has 3 aromatic carbocycles. The minimum absolute atomic E-state index is 0.00637. The lowest BCUT2D eigenvalue weighted by Gasteiger charge is -2.39. The van der Waals surface area contributed by atoms with Gasteiger partial charge >= 0.3 is 0 Å². The van der Waals surface area contributed by atoms with E-state index in [1.807, 2.05) is 24.3 Å². The van der Waals surface area contributed by atoms with Crippen molar-refractivity contribution in [2.24, 2.45) is 5.92 Å². The molecular formula is C24H18BrCl3N2O2S. The van der Waals surface area contributed by atoms with Crippen molar-refractivity contribution >= 4 is 73.9 Å². The summed E-state index contributed by atoms with van der Waals surface area (Å²) >= 11 is 25.1. The van der Waals surface area contributed by atoms with Gasteiger partial charge in [-0.25, -0.2) is 0 Å². The highest BCUT2D eigenvalue weighted by molar-refractivity contribution is 9.10. The Hall–Kier alpha value is -1.44. The Labute approximate surface area is 219 Å². The molecule has 1 aliphatic heterocycles. The van der Waals surface area contributed by atoms with Gasteiger partial charge in [-0.1, -0.05) is 63.4 Å². The van der Waals surface area contributed by atoms with Gasteiger partial charge in [0.2, 0.25) is 0 Å². The van der Waals surface area contributed by atoms with Crippen LogP contribution >= 0.6 is 62.5 Å². The number of anilines is 1. The molecule has 9 heteroatoms. The second-order valence-corrected chi connectivity index (χ2v) is 11.8. The van der Waals surface area contributed by atoms with Crippen molar-refractivity contribution in [3.63, 3.8) is 0 Å². The number of thioether (sulfide) groups is 1. The lowest BCUT2D eigenvalue weighted by molar-refractivity contribution is -0.387. The Morgan fingerprint density at radius 1 is 1.09 bits per heavy atom. The van der Waals surface area contributed by atoms with Crippen molar-refractivity contribution in [3.8, 4) is 0 Å². The van der Waals surface area contributed by atoms with Crippen LogP contribution in [0.3, 0.4) is 0 Å². The van der Waals surface area contributed by atoms with Gasteiger partial charge in [-0.05, 0) is 53.8 Å². The van der Waals surface area contributed by atoms with Crippen molar-refractivity contribution in [1.82, 2.24) is 0 Å². The SMILES string of the molecule is O=[N+]([O-])c1ccccc1S[C@@H]1C[C@H]2[C@@H](c3cc(Cl)cc(Cl)c3N[C@H]2c2ccc(Br)cc2)[C@@H]1Cl. The van der Waals surface area contributed by atoms with Crippen LogP contribution in [0.1, 0.15) is 29.5 Å². The number of rotatable bonds is 4. The lowest BCUT2D eigenvalue weighted by Crippen LogP contribution is -2.31. The van der Waals surface area contributed by atoms with Gasteiger partial charge in [-0.15, -0.1) is 23.4 Å². The molecule has 5 rings (SSSR count). The zero-order valence-corrected chi connectivity index (χ0v) is 21.7. The van der Waals surface area contributed by atoms with Gasteiger partial charge in [0.1, 0.15) is 0 Å². The highest BCUT2D eigenvalue weighted by atomic mass is 79.9. The Balaban J connectivity index is 1.56. The third kappa shape index (κ3) is 4.37. The number of para-hydroxylation sites is 1. The maximum absolute atomic E-state index is 11.5. The number of halogens is 4. The van der Waals surface area contributed by atoms with Gasteiger partial charge in [0.25, 0.3) is 5.69 Å². The molecule has 0 spiro atoms. The first-order chi connectivity index (χ1) is 15.8. The summed E-state index contributed by atoms with van der Waals surface area (Å²) in [5.74, 6) is 0.184. The van der Waals surface area contributed by atoms with E-state index < -0.39 is 0 Å². The predicted molar refractivity (Wildman–Crippen MR) is 140 cm³/mol. The van der Waals surface area contributed by atoms with Crippen LogP contribution in [0.15, 0.2) is 70.0 Å². The van der Waals surface area contributed by atoms with Gasteiger partial charge in [0.15, 0.2) is 0 Å². The second kappa shape index (κ2) is 9.31. The molecule has 3 aromatic rings. The number of nitrogens with one attached hydrogen (secondary N) is 1. The zero-order chi connectivity index (χ0) is 23.3. The average molecular weight is 585 g/mol. The van der Waals surface area contributed by atoms with Gasteiger partial charge < -0.3 is 5.32 Å². The monoisotopic (exact) mass is 582 g/mol. The Bertz CT molecular complexity index is 1230. The third-order valence-corrected chi connectivity index (χ3v) is 9.56. The number of nitrogens with zero attached hydrogens (tertiary/aromatic N) is 1. The standard InChI is InChI=1S/C24H18BrCl3N2O2S/c25-13-7-5-12(6-8-13)23-16-11-20(33-19-4-2-1-3-18(19)30(31)32)22(28)21(16)15-9-14(26)10-17(27)24(15)29-23/h1-10,16,20-23,29H,11H2/t16-,20+,21+,22+,23-/m0/s1. The van der Waals surface area contributed by atoms with E-state index in [1.54, 1.807) is 18.2 Å². The molecule has 0 aromatic heterocycles. The van der Waals surface area contributed by atoms with E-state index in [4.69, 9.17) is 34.8 Å². The van der Waals surface area contributed by atoms with E-state index in [0.29, 0.717) is 14.9 Å². The van der Waals surface area contributed by atoms with Gasteiger partial charge in [-0.2, -0.15) is 0 Å². The normalized spacial score (nSPS) is 25.8. The molecule has 170 valence electrons. The van der Waals surface area contributed by atoms with Crippen LogP contribution in [0.2, 0.25) is 10.0 Å². The quantitative estimate of drug-likeness (QED) is 0.189. The Kier molecular flexibility index (Phi) is 6.57. The molecule has 1 fully saturated rings. The summed E-state index contributed by atoms with van der Waals surface area (Å²) in [6, 6.07) is 18.8. The molecule has 0 amide bonds. The van der Waals surface area contributed by atoms with Crippen molar-refractivity contribution < 1.29 is 4.92 Å². The number of hydrogen-bond donors (Lipinski definition) is 1. The van der Waals surface area contributed by atoms with Crippen molar-refractivity contribution in [2.45, 2.75) is 33.9 Å². The molecule has 1 aliphatic carbocycles. The van der Waals surface area contributed by atoms with E-state index in [9.17, 15) is 10.1 Å². The predicted octanol–water partition coefficient (Wildman–Crippen LogP) is 8.70. The molecule has 5 atom stereocenters. The smallest absolute Gasteiger partial charge is 0.282 e. The third-order valence-electron chi connectivity index (χ3n) is 6.41. The topological polar surface area (TPSA) is 55.2 Å². The Morgan fingerprint density at radius 2 is 1.82 bits per heavy atom. The summed E-state index contributed by atoms with van der Waals surface area (Å²) in [4.78, 5) is 11.8. The molecule has 4 nitrogen and oxygen atoms in total. The Morgan fingerprint density at radius 3 is 2.55 bits per heavy atom. The summed E-state index contributed by atoms with van der Waals surface area (Å²) in [7, 11) is 0. The molecule has 1 N–H and O–H groups in total. The number of hydrogen-bond acceptors (Lipinski definition) is 4. The van der Waals surface area contributed by atoms with Crippen LogP contribution in [0.5, 0.6) is 0 Å². The van der Waals surface area contributed by atoms with E-state index >= 15 is 0 Å². The van der Waals surface area contributed by atoms with E-state index in [1.165, 1.54) is 17.8 Å². The summed E-state index contributed by atoms with van der Waals surface area (Å²) in [5, 5.41) is 16.1. The fraction of sp³-hybridized carbons (Fsp3) is 0.250. The largest absolute Gasteiger partial charge is 0.376 e. The van der Waals surface area contributed by atoms with Crippen molar-refractivity contribution in [3.05, 3.63) is 96.4 Å². The molecule has 2 aliphatic rings. The van der Waals surface area contributed by atoms with E-state index in [-0.39, 0.29) is 39.1 Å². The van der Waals surface area contributed by atoms with Crippen LogP contribution in [-0.4, -0.2) is 15.6 Å². The molecule has 0 bridgehead atoms. The van der Waals surface area contributed by atoms with Gasteiger partial charge in [-0.3, -0.25) is 10.1 Å². The number of fused-ring (bicyclic) bond motifs is 3. The molecule has 1 saturated carbocycles. The maximum atomic E-state index is 11.5. The first kappa shape index (κ1) is 23.3. The summed E-state index contributed by atoms with van der Waals surface area (Å²) in [6.45, 7) is 0. The maximum Gasteiger partial charge on any atom is 0.282 e. The van der Waals surface area contributed by atoms with E-state index in [2.05, 4.69) is 33.4 Å². The minimum Gasteiger partial charge on any atom is -0.376 e. The molecule has 0 unspecified atom stereocenters. The first-order valence-corrected chi connectivity index (χ1v) is 13.2. The molecule has 0 saturated heterocycles. The molecule has 33 heavy (non-hydrogen) atoms. The number of nitro groups is 1. The lowest BCUT2D eigenvalue weighted by atomic mass is 9.77. The zero-order valence-electron chi connectivity index (χ0n) is 17.1. The van der Waals surface area contributed by atoms with Gasteiger partial charge in [0.05, 0.1) is 31.9 Å². The van der Waals surface area contributed by atoms with Crippen LogP contribution < -0.4 is 5.32 Å². The summed E-state index contributed by atoms with van der Waals surface area (Å²) in [6.07, 6.45) is 0.798. The van der Waals surface area contributed by atoms with Crippen molar-refractivity contribution in [2.75, 3.05) is 5.32 Å². The molecular weight excluding hydrogens is 567 g/mol. The summed E-state index contributed by atoms with van der Waals surface area (Å²) in [5.41, 5.74) is 3.12. The van der Waals surface area contributed by atoms with Crippen LogP contribution in [-0.2, 0) is 0 Å². The highest BCUT2D eigenvalue weighted by Crippen LogP contribution is 2.59. The van der Waals surface area contributed by atoms with Gasteiger partial charge in [0, 0.05) is 26.7 Å². The highest BCUT2D eigenvalue weighted by Gasteiger charge is 2.50. The minimum atomic E-state index is -0.339.